The number of rotatable bonds is 5. The summed E-state index contributed by atoms with van der Waals surface area (Å²) in [6, 6.07) is 2.09. The number of carbonyl (C=O) groups is 2. The van der Waals surface area contributed by atoms with Crippen LogP contribution in [0.4, 0.5) is 0 Å². The van der Waals surface area contributed by atoms with Crippen molar-refractivity contribution in [1.29, 1.82) is 0 Å². The maximum absolute atomic E-state index is 12.8. The number of piperidine rings is 1. The van der Waals surface area contributed by atoms with Gasteiger partial charge in [-0.15, -0.1) is 0 Å². The summed E-state index contributed by atoms with van der Waals surface area (Å²) in [5, 5.41) is 7.41. The van der Waals surface area contributed by atoms with Gasteiger partial charge in [0.05, 0.1) is 17.9 Å². The highest BCUT2D eigenvalue weighted by Gasteiger charge is 2.33. The molecule has 1 aromatic heterocycles. The van der Waals surface area contributed by atoms with Gasteiger partial charge in [-0.05, 0) is 44.6 Å². The zero-order valence-corrected chi connectivity index (χ0v) is 15.4. The van der Waals surface area contributed by atoms with E-state index in [-0.39, 0.29) is 23.8 Å². The summed E-state index contributed by atoms with van der Waals surface area (Å²) < 4.78 is 5.49. The van der Waals surface area contributed by atoms with Crippen LogP contribution in [0.5, 0.6) is 0 Å². The fourth-order valence-corrected chi connectivity index (χ4v) is 4.02. The van der Waals surface area contributed by atoms with Crippen LogP contribution >= 0.6 is 0 Å². The Kier molecular flexibility index (Phi) is 4.98. The first-order chi connectivity index (χ1) is 12.6. The molecule has 1 saturated carbocycles. The standard InChI is InChI=1S/C19H28N4O3/c1-22(12-15-11-16(21-20-15)13-4-5-13)18(24)14-6-8-23(9-7-14)19(25)17-3-2-10-26-17/h11,13-14,17H,2-10,12H2,1H3,(H,20,21)/t17-/m0/s1. The van der Waals surface area contributed by atoms with E-state index < -0.39 is 0 Å². The molecule has 7 heteroatoms. The quantitative estimate of drug-likeness (QED) is 0.866. The number of nitrogens with zero attached hydrogens (tertiary/aromatic N) is 3. The predicted octanol–water partition coefficient (Wildman–Crippen LogP) is 1.66. The van der Waals surface area contributed by atoms with Gasteiger partial charge < -0.3 is 14.5 Å². The molecule has 142 valence electrons. The molecular formula is C19H28N4O3. The molecule has 1 N–H and O–H groups in total. The number of hydrogen-bond acceptors (Lipinski definition) is 4. The van der Waals surface area contributed by atoms with Crippen molar-refractivity contribution < 1.29 is 14.3 Å². The lowest BCUT2D eigenvalue weighted by Gasteiger charge is -2.34. The summed E-state index contributed by atoms with van der Waals surface area (Å²) in [5.41, 5.74) is 2.12. The summed E-state index contributed by atoms with van der Waals surface area (Å²) >= 11 is 0. The maximum Gasteiger partial charge on any atom is 0.251 e. The lowest BCUT2D eigenvalue weighted by atomic mass is 9.95. The Morgan fingerprint density at radius 2 is 2.04 bits per heavy atom. The van der Waals surface area contributed by atoms with Crippen LogP contribution < -0.4 is 0 Å². The predicted molar refractivity (Wildman–Crippen MR) is 95.3 cm³/mol. The van der Waals surface area contributed by atoms with E-state index in [1.54, 1.807) is 4.90 Å². The Labute approximate surface area is 154 Å². The Morgan fingerprint density at radius 3 is 2.69 bits per heavy atom. The van der Waals surface area contributed by atoms with Crippen LogP contribution in [0.3, 0.4) is 0 Å². The molecule has 1 atom stereocenters. The molecule has 26 heavy (non-hydrogen) atoms. The van der Waals surface area contributed by atoms with E-state index in [1.165, 1.54) is 12.8 Å². The first-order valence-electron chi connectivity index (χ1n) is 9.81. The van der Waals surface area contributed by atoms with Crippen LogP contribution in [0.1, 0.15) is 55.8 Å². The van der Waals surface area contributed by atoms with Gasteiger partial charge in [0.2, 0.25) is 5.91 Å². The number of ether oxygens (including phenoxy) is 1. The summed E-state index contributed by atoms with van der Waals surface area (Å²) in [5.74, 6) is 0.884. The van der Waals surface area contributed by atoms with Crippen LogP contribution in [0.15, 0.2) is 6.07 Å². The van der Waals surface area contributed by atoms with Crippen LogP contribution in [0.25, 0.3) is 0 Å². The van der Waals surface area contributed by atoms with Gasteiger partial charge in [-0.25, -0.2) is 0 Å². The number of H-pyrrole nitrogens is 1. The van der Waals surface area contributed by atoms with E-state index >= 15 is 0 Å². The molecule has 0 spiro atoms. The van der Waals surface area contributed by atoms with Crippen LogP contribution in [0, 0.1) is 5.92 Å². The van der Waals surface area contributed by atoms with E-state index in [1.807, 2.05) is 11.9 Å². The Hall–Kier alpha value is -1.89. The van der Waals surface area contributed by atoms with Crippen molar-refractivity contribution >= 4 is 11.8 Å². The van der Waals surface area contributed by atoms with Gasteiger partial charge in [-0.3, -0.25) is 14.7 Å². The van der Waals surface area contributed by atoms with Crippen LogP contribution in [-0.2, 0) is 20.9 Å². The Morgan fingerprint density at radius 1 is 1.27 bits per heavy atom. The molecule has 3 fully saturated rings. The number of hydrogen-bond donors (Lipinski definition) is 1. The average Bonchev–Trinajstić information content (AvgIpc) is 3.17. The third-order valence-corrected chi connectivity index (χ3v) is 5.79. The molecular weight excluding hydrogens is 332 g/mol. The highest BCUT2D eigenvalue weighted by molar-refractivity contribution is 5.82. The van der Waals surface area contributed by atoms with E-state index in [0.717, 1.165) is 37.1 Å². The summed E-state index contributed by atoms with van der Waals surface area (Å²) in [7, 11) is 1.85. The van der Waals surface area contributed by atoms with Gasteiger partial charge in [0.1, 0.15) is 6.10 Å². The molecule has 2 saturated heterocycles. The second-order valence-electron chi connectivity index (χ2n) is 7.89. The molecule has 0 aromatic carbocycles. The van der Waals surface area contributed by atoms with Crippen LogP contribution in [0.2, 0.25) is 0 Å². The van der Waals surface area contributed by atoms with Crippen molar-refractivity contribution in [2.24, 2.45) is 5.92 Å². The Bertz CT molecular complexity index is 655. The summed E-state index contributed by atoms with van der Waals surface area (Å²) in [6.07, 6.45) is 5.45. The fraction of sp³-hybridized carbons (Fsp3) is 0.737. The van der Waals surface area contributed by atoms with Gasteiger partial charge >= 0.3 is 0 Å². The third-order valence-electron chi connectivity index (χ3n) is 5.79. The fourth-order valence-electron chi connectivity index (χ4n) is 4.02. The van der Waals surface area contributed by atoms with Crippen molar-refractivity contribution in [1.82, 2.24) is 20.0 Å². The molecule has 2 amide bonds. The summed E-state index contributed by atoms with van der Waals surface area (Å²) in [6.45, 7) is 2.55. The van der Waals surface area contributed by atoms with E-state index in [2.05, 4.69) is 16.3 Å². The number of carbonyl (C=O) groups excluding carboxylic acids is 2. The molecule has 2 aliphatic heterocycles. The number of aromatic amines is 1. The minimum Gasteiger partial charge on any atom is -0.368 e. The molecule has 1 aromatic rings. The van der Waals surface area contributed by atoms with Crippen molar-refractivity contribution in [2.45, 2.75) is 57.1 Å². The highest BCUT2D eigenvalue weighted by atomic mass is 16.5. The van der Waals surface area contributed by atoms with E-state index in [9.17, 15) is 9.59 Å². The normalized spacial score (nSPS) is 24.0. The zero-order chi connectivity index (χ0) is 18.1. The van der Waals surface area contributed by atoms with Crippen molar-refractivity contribution in [3.8, 4) is 0 Å². The van der Waals surface area contributed by atoms with Crippen molar-refractivity contribution in [3.05, 3.63) is 17.5 Å². The lowest BCUT2D eigenvalue weighted by molar-refractivity contribution is -0.145. The van der Waals surface area contributed by atoms with Gasteiger partial charge in [0.15, 0.2) is 0 Å². The molecule has 0 unspecified atom stereocenters. The SMILES string of the molecule is CN(Cc1cc(C2CC2)n[nH]1)C(=O)C1CCN(C(=O)[C@@H]2CCCO2)CC1. The molecule has 1 aliphatic carbocycles. The largest absolute Gasteiger partial charge is 0.368 e. The van der Waals surface area contributed by atoms with E-state index in [4.69, 9.17) is 4.74 Å². The first kappa shape index (κ1) is 17.5. The third kappa shape index (κ3) is 3.77. The zero-order valence-electron chi connectivity index (χ0n) is 15.4. The number of likely N-dealkylation sites (tertiary alicyclic amines) is 1. The lowest BCUT2D eigenvalue weighted by Crippen LogP contribution is -2.46. The number of amides is 2. The van der Waals surface area contributed by atoms with Gasteiger partial charge in [-0.2, -0.15) is 5.10 Å². The molecule has 7 nitrogen and oxygen atoms in total. The first-order valence-corrected chi connectivity index (χ1v) is 9.81. The monoisotopic (exact) mass is 360 g/mol. The summed E-state index contributed by atoms with van der Waals surface area (Å²) in [4.78, 5) is 28.8. The maximum atomic E-state index is 12.8. The van der Waals surface area contributed by atoms with Crippen molar-refractivity contribution in [3.63, 3.8) is 0 Å². The van der Waals surface area contributed by atoms with Crippen molar-refractivity contribution in [2.75, 3.05) is 26.7 Å². The van der Waals surface area contributed by atoms with Crippen LogP contribution in [-0.4, -0.2) is 64.7 Å². The van der Waals surface area contributed by atoms with Gasteiger partial charge in [0, 0.05) is 38.6 Å². The second-order valence-corrected chi connectivity index (χ2v) is 7.89. The smallest absolute Gasteiger partial charge is 0.251 e. The Balaban J connectivity index is 1.26. The van der Waals surface area contributed by atoms with Gasteiger partial charge in [0.25, 0.3) is 5.91 Å². The van der Waals surface area contributed by atoms with E-state index in [0.29, 0.717) is 32.2 Å². The number of nitrogens with one attached hydrogen (secondary N) is 1. The molecule has 0 radical (unpaired) electrons. The molecule has 0 bridgehead atoms. The topological polar surface area (TPSA) is 78.5 Å². The minimum absolute atomic E-state index is 0.000583. The second kappa shape index (κ2) is 7.39. The van der Waals surface area contributed by atoms with Gasteiger partial charge in [-0.1, -0.05) is 0 Å². The molecule has 3 heterocycles. The number of aromatic nitrogens is 2. The molecule has 3 aliphatic rings. The molecule has 4 rings (SSSR count). The minimum atomic E-state index is -0.258. The highest BCUT2D eigenvalue weighted by Crippen LogP contribution is 2.39. The average molecular weight is 360 g/mol.